The molecule has 0 aromatic heterocycles. The van der Waals surface area contributed by atoms with Crippen molar-refractivity contribution in [3.63, 3.8) is 0 Å². The molecule has 0 spiro atoms. The van der Waals surface area contributed by atoms with Crippen LogP contribution in [0.1, 0.15) is 29.7 Å². The molecule has 1 aromatic carbocycles. The normalized spacial score (nSPS) is 19.4. The minimum atomic E-state index is 0.277. The molecule has 1 aromatic rings. The third-order valence-corrected chi connectivity index (χ3v) is 4.03. The summed E-state index contributed by atoms with van der Waals surface area (Å²) in [5.41, 5.74) is 2.91. The summed E-state index contributed by atoms with van der Waals surface area (Å²) in [6, 6.07) is 8.58. The summed E-state index contributed by atoms with van der Waals surface area (Å²) >= 11 is 1.79. The molecule has 1 unspecified atom stereocenters. The molecule has 14 heavy (non-hydrogen) atoms. The Hall–Kier alpha value is -0.760. The van der Waals surface area contributed by atoms with Crippen LogP contribution in [0.2, 0.25) is 0 Å². The van der Waals surface area contributed by atoms with Crippen molar-refractivity contribution in [2.24, 2.45) is 0 Å². The Labute approximate surface area is 88.9 Å². The highest BCUT2D eigenvalue weighted by atomic mass is 32.2. The maximum Gasteiger partial charge on any atom is 0.139 e. The largest absolute Gasteiger partial charge is 0.299 e. The number of carbonyl (C=O) groups excluding carboxylic acids is 1. The number of hydrogen-bond donors (Lipinski definition) is 0. The number of hydrogen-bond acceptors (Lipinski definition) is 2. The van der Waals surface area contributed by atoms with Gasteiger partial charge in [0.2, 0.25) is 0 Å². The molecule has 0 bridgehead atoms. The van der Waals surface area contributed by atoms with Gasteiger partial charge in [0, 0.05) is 5.25 Å². The highest BCUT2D eigenvalue weighted by Crippen LogP contribution is 2.40. The zero-order valence-electron chi connectivity index (χ0n) is 8.32. The third-order valence-electron chi connectivity index (χ3n) is 2.57. The Bertz CT molecular complexity index is 346. The van der Waals surface area contributed by atoms with Crippen molar-refractivity contribution in [1.82, 2.24) is 0 Å². The maximum absolute atomic E-state index is 10.9. The summed E-state index contributed by atoms with van der Waals surface area (Å²) in [5, 5.41) is 0.551. The van der Waals surface area contributed by atoms with Crippen LogP contribution in [0.3, 0.4) is 0 Å². The Balaban J connectivity index is 2.07. The predicted octanol–water partition coefficient (Wildman–Crippen LogP) is 3.00. The van der Waals surface area contributed by atoms with E-state index in [1.54, 1.807) is 18.7 Å². The van der Waals surface area contributed by atoms with E-state index in [9.17, 15) is 4.79 Å². The van der Waals surface area contributed by atoms with Crippen LogP contribution in [0.15, 0.2) is 24.3 Å². The first-order valence-electron chi connectivity index (χ1n) is 4.96. The highest BCUT2D eigenvalue weighted by Gasteiger charge is 2.22. The number of aryl methyl sites for hydroxylation is 1. The van der Waals surface area contributed by atoms with Gasteiger partial charge in [0.1, 0.15) is 5.78 Å². The fourth-order valence-corrected chi connectivity index (χ4v) is 3.04. The van der Waals surface area contributed by atoms with E-state index in [-0.39, 0.29) is 5.78 Å². The fraction of sp³-hybridized carbons (Fsp3) is 0.417. The summed E-state index contributed by atoms with van der Waals surface area (Å²) in [6.45, 7) is 1.66. The fourth-order valence-electron chi connectivity index (χ4n) is 1.91. The standard InChI is InChI=1S/C12H14OS/c1-9(13)8-14-12-7-6-10-4-2-3-5-11(10)12/h2-5,12H,6-8H2,1H3. The molecule has 1 aliphatic rings. The van der Waals surface area contributed by atoms with Crippen molar-refractivity contribution >= 4 is 17.5 Å². The maximum atomic E-state index is 10.9. The lowest BCUT2D eigenvalue weighted by atomic mass is 10.1. The quantitative estimate of drug-likeness (QED) is 0.756. The highest BCUT2D eigenvalue weighted by molar-refractivity contribution is 8.00. The van der Waals surface area contributed by atoms with Crippen LogP contribution in [-0.2, 0) is 11.2 Å². The van der Waals surface area contributed by atoms with Crippen LogP contribution >= 0.6 is 11.8 Å². The van der Waals surface area contributed by atoms with Gasteiger partial charge in [0.25, 0.3) is 0 Å². The summed E-state index contributed by atoms with van der Waals surface area (Å²) in [7, 11) is 0. The topological polar surface area (TPSA) is 17.1 Å². The van der Waals surface area contributed by atoms with Crippen LogP contribution in [0.4, 0.5) is 0 Å². The van der Waals surface area contributed by atoms with E-state index in [0.717, 1.165) is 0 Å². The summed E-state index contributed by atoms with van der Waals surface area (Å²) in [6.07, 6.45) is 2.36. The second kappa shape index (κ2) is 4.18. The van der Waals surface area contributed by atoms with Gasteiger partial charge in [-0.15, -0.1) is 11.8 Å². The van der Waals surface area contributed by atoms with E-state index in [4.69, 9.17) is 0 Å². The van der Waals surface area contributed by atoms with E-state index >= 15 is 0 Å². The zero-order valence-corrected chi connectivity index (χ0v) is 9.14. The van der Waals surface area contributed by atoms with E-state index in [1.807, 2.05) is 0 Å². The number of Topliss-reactive ketones (excluding diaryl/α,β-unsaturated/α-hetero) is 1. The van der Waals surface area contributed by atoms with E-state index < -0.39 is 0 Å². The molecule has 0 aliphatic heterocycles. The van der Waals surface area contributed by atoms with E-state index in [2.05, 4.69) is 24.3 Å². The van der Waals surface area contributed by atoms with Gasteiger partial charge in [-0.05, 0) is 30.9 Å². The average molecular weight is 206 g/mol. The van der Waals surface area contributed by atoms with Crippen LogP contribution in [0.5, 0.6) is 0 Å². The van der Waals surface area contributed by atoms with Crippen molar-refractivity contribution in [1.29, 1.82) is 0 Å². The smallest absolute Gasteiger partial charge is 0.139 e. The van der Waals surface area contributed by atoms with Crippen LogP contribution < -0.4 is 0 Å². The van der Waals surface area contributed by atoms with Crippen molar-refractivity contribution in [2.75, 3.05) is 5.75 Å². The lowest BCUT2D eigenvalue weighted by Crippen LogP contribution is -1.97. The molecule has 2 heteroatoms. The van der Waals surface area contributed by atoms with Crippen LogP contribution in [0.25, 0.3) is 0 Å². The van der Waals surface area contributed by atoms with Gasteiger partial charge in [0.05, 0.1) is 5.75 Å². The molecule has 0 N–H and O–H groups in total. The number of fused-ring (bicyclic) bond motifs is 1. The second-order valence-corrected chi connectivity index (χ2v) is 4.93. The second-order valence-electron chi connectivity index (χ2n) is 3.74. The van der Waals surface area contributed by atoms with Gasteiger partial charge < -0.3 is 0 Å². The predicted molar refractivity (Wildman–Crippen MR) is 60.6 cm³/mol. The summed E-state index contributed by atoms with van der Waals surface area (Å²) < 4.78 is 0. The molecule has 1 nitrogen and oxygen atoms in total. The molecule has 0 amide bonds. The van der Waals surface area contributed by atoms with Crippen LogP contribution in [-0.4, -0.2) is 11.5 Å². The number of ketones is 1. The van der Waals surface area contributed by atoms with Gasteiger partial charge in [-0.2, -0.15) is 0 Å². The molecule has 1 aliphatic carbocycles. The summed E-state index contributed by atoms with van der Waals surface area (Å²) in [5.74, 6) is 0.929. The molecule has 0 radical (unpaired) electrons. The molecule has 0 saturated heterocycles. The minimum absolute atomic E-state index is 0.277. The first-order chi connectivity index (χ1) is 6.77. The SMILES string of the molecule is CC(=O)CSC1CCc2ccccc21. The first-order valence-corrected chi connectivity index (χ1v) is 6.01. The van der Waals surface area contributed by atoms with Gasteiger partial charge in [-0.3, -0.25) is 4.79 Å². The third kappa shape index (κ3) is 2.01. The molecule has 0 fully saturated rings. The van der Waals surface area contributed by atoms with Crippen molar-refractivity contribution < 1.29 is 4.79 Å². The van der Waals surface area contributed by atoms with Gasteiger partial charge >= 0.3 is 0 Å². The molecule has 74 valence electrons. The van der Waals surface area contributed by atoms with Crippen LogP contribution in [0, 0.1) is 0 Å². The zero-order chi connectivity index (χ0) is 9.97. The molecular formula is C12H14OS. The summed E-state index contributed by atoms with van der Waals surface area (Å²) in [4.78, 5) is 10.9. The average Bonchev–Trinajstić information content (AvgIpc) is 2.58. The van der Waals surface area contributed by atoms with E-state index in [1.165, 1.54) is 24.0 Å². The van der Waals surface area contributed by atoms with Gasteiger partial charge in [-0.25, -0.2) is 0 Å². The molecule has 0 heterocycles. The molecule has 1 atom stereocenters. The Morgan fingerprint density at radius 2 is 2.29 bits per heavy atom. The monoisotopic (exact) mass is 206 g/mol. The molecule has 0 saturated carbocycles. The number of benzene rings is 1. The van der Waals surface area contributed by atoms with E-state index in [0.29, 0.717) is 11.0 Å². The first kappa shape index (κ1) is 9.78. The number of thioether (sulfide) groups is 1. The van der Waals surface area contributed by atoms with Gasteiger partial charge in [-0.1, -0.05) is 24.3 Å². The lowest BCUT2D eigenvalue weighted by molar-refractivity contribution is -0.114. The Morgan fingerprint density at radius 1 is 1.50 bits per heavy atom. The van der Waals surface area contributed by atoms with Crippen molar-refractivity contribution in [3.05, 3.63) is 35.4 Å². The van der Waals surface area contributed by atoms with Crippen molar-refractivity contribution in [2.45, 2.75) is 25.0 Å². The number of rotatable bonds is 3. The van der Waals surface area contributed by atoms with Crippen molar-refractivity contribution in [3.8, 4) is 0 Å². The molecule has 2 rings (SSSR count). The lowest BCUT2D eigenvalue weighted by Gasteiger charge is -2.09. The Kier molecular flexibility index (Phi) is 2.92. The minimum Gasteiger partial charge on any atom is -0.299 e. The number of carbonyl (C=O) groups is 1. The van der Waals surface area contributed by atoms with Gasteiger partial charge in [0.15, 0.2) is 0 Å². The molecular weight excluding hydrogens is 192 g/mol. The Morgan fingerprint density at radius 3 is 3.07 bits per heavy atom.